The summed E-state index contributed by atoms with van der Waals surface area (Å²) in [5.74, 6) is 0.665. The van der Waals surface area contributed by atoms with E-state index in [1.165, 1.54) is 12.8 Å². The molecule has 1 N–H and O–H groups in total. The molecule has 1 saturated heterocycles. The van der Waals surface area contributed by atoms with Crippen LogP contribution in [0.5, 0.6) is 0 Å². The zero-order valence-electron chi connectivity index (χ0n) is 17.6. The Morgan fingerprint density at radius 1 is 1.30 bits per heavy atom. The first kappa shape index (κ1) is 19.8. The number of nitrogens with one attached hydrogen (secondary N) is 1. The van der Waals surface area contributed by atoms with Gasteiger partial charge >= 0.3 is 0 Å². The number of hydrogen-bond acceptors (Lipinski definition) is 5. The Bertz CT molecular complexity index is 983. The first-order valence-corrected chi connectivity index (χ1v) is 11.6. The van der Waals surface area contributed by atoms with Crippen molar-refractivity contribution in [3.8, 4) is 0 Å². The number of carbonyl (C=O) groups excluding carboxylic acids is 2. The lowest BCUT2D eigenvalue weighted by Gasteiger charge is -2.43. The number of piperidine rings is 1. The standard InChI is InChI=1S/C22H28N4O3S/c1-14-3-6-18(30-14)21(28)26-9-7-22(8-10-26)11-17-16(13-29-22)19(24-25(17)2)20(27)23-12-15-4-5-15/h3,6,15H,4-5,7-13H2,1-2H3,(H,23,27). The van der Waals surface area contributed by atoms with Gasteiger partial charge in [-0.15, -0.1) is 11.3 Å². The van der Waals surface area contributed by atoms with E-state index in [2.05, 4.69) is 10.4 Å². The maximum absolute atomic E-state index is 12.8. The topological polar surface area (TPSA) is 76.5 Å². The van der Waals surface area contributed by atoms with Crippen LogP contribution < -0.4 is 5.32 Å². The van der Waals surface area contributed by atoms with Gasteiger partial charge in [0.1, 0.15) is 0 Å². The minimum Gasteiger partial charge on any atom is -0.370 e. The molecule has 5 rings (SSSR count). The van der Waals surface area contributed by atoms with Crippen molar-refractivity contribution >= 4 is 23.2 Å². The minimum atomic E-state index is -0.273. The molecule has 2 amide bonds. The summed E-state index contributed by atoms with van der Waals surface area (Å²) in [7, 11) is 1.91. The van der Waals surface area contributed by atoms with Crippen LogP contribution in [0, 0.1) is 12.8 Å². The van der Waals surface area contributed by atoms with Gasteiger partial charge in [0.2, 0.25) is 0 Å². The van der Waals surface area contributed by atoms with Crippen LogP contribution in [0.3, 0.4) is 0 Å². The van der Waals surface area contributed by atoms with Crippen LogP contribution in [0.15, 0.2) is 12.1 Å². The molecule has 0 atom stereocenters. The molecule has 0 unspecified atom stereocenters. The number of ether oxygens (including phenoxy) is 1. The fourth-order valence-corrected chi connectivity index (χ4v) is 5.36. The summed E-state index contributed by atoms with van der Waals surface area (Å²) in [5, 5.41) is 7.53. The van der Waals surface area contributed by atoms with E-state index in [4.69, 9.17) is 4.74 Å². The summed E-state index contributed by atoms with van der Waals surface area (Å²) in [6.07, 6.45) is 4.76. The lowest BCUT2D eigenvalue weighted by molar-refractivity contribution is -0.0990. The molecule has 2 fully saturated rings. The molecule has 1 aliphatic carbocycles. The first-order chi connectivity index (χ1) is 14.4. The van der Waals surface area contributed by atoms with Gasteiger partial charge in [0.25, 0.3) is 11.8 Å². The molecule has 0 bridgehead atoms. The number of rotatable bonds is 4. The second-order valence-electron chi connectivity index (χ2n) is 8.90. The number of aryl methyl sites for hydroxylation is 2. The molecule has 8 heteroatoms. The Morgan fingerprint density at radius 2 is 2.07 bits per heavy atom. The van der Waals surface area contributed by atoms with Gasteiger partial charge in [0.15, 0.2) is 5.69 Å². The van der Waals surface area contributed by atoms with E-state index in [1.807, 2.05) is 35.7 Å². The fourth-order valence-electron chi connectivity index (χ4n) is 4.53. The quantitative estimate of drug-likeness (QED) is 0.812. The molecule has 1 saturated carbocycles. The number of aromatic nitrogens is 2. The fraction of sp³-hybridized carbons (Fsp3) is 0.591. The molecular weight excluding hydrogens is 400 g/mol. The normalized spacial score (nSPS) is 20.3. The molecule has 1 spiro atoms. The summed E-state index contributed by atoms with van der Waals surface area (Å²) in [6, 6.07) is 3.91. The Labute approximate surface area is 180 Å². The second-order valence-corrected chi connectivity index (χ2v) is 10.2. The van der Waals surface area contributed by atoms with Crippen LogP contribution in [0.2, 0.25) is 0 Å². The Balaban J connectivity index is 1.26. The largest absolute Gasteiger partial charge is 0.370 e. The van der Waals surface area contributed by atoms with Crippen LogP contribution in [0.4, 0.5) is 0 Å². The summed E-state index contributed by atoms with van der Waals surface area (Å²) in [6.45, 7) is 4.56. The molecule has 30 heavy (non-hydrogen) atoms. The van der Waals surface area contributed by atoms with Gasteiger partial charge in [-0.1, -0.05) is 0 Å². The predicted molar refractivity (Wildman–Crippen MR) is 114 cm³/mol. The Kier molecular flexibility index (Phi) is 4.94. The zero-order valence-corrected chi connectivity index (χ0v) is 18.4. The highest BCUT2D eigenvalue weighted by Crippen LogP contribution is 2.37. The molecule has 3 aliphatic rings. The Morgan fingerprint density at radius 3 is 2.73 bits per heavy atom. The lowest BCUT2D eigenvalue weighted by atomic mass is 9.83. The first-order valence-electron chi connectivity index (χ1n) is 10.8. The monoisotopic (exact) mass is 428 g/mol. The minimum absolute atomic E-state index is 0.0926. The van der Waals surface area contributed by atoms with Crippen LogP contribution in [-0.2, 0) is 24.8 Å². The highest BCUT2D eigenvalue weighted by atomic mass is 32.1. The van der Waals surface area contributed by atoms with Gasteiger partial charge in [-0.3, -0.25) is 14.3 Å². The highest BCUT2D eigenvalue weighted by molar-refractivity contribution is 7.13. The van der Waals surface area contributed by atoms with Gasteiger partial charge in [0.05, 0.1) is 17.1 Å². The van der Waals surface area contributed by atoms with E-state index in [0.717, 1.165) is 46.8 Å². The number of amides is 2. The van der Waals surface area contributed by atoms with Gasteiger partial charge in [-0.05, 0) is 50.7 Å². The van der Waals surface area contributed by atoms with E-state index in [-0.39, 0.29) is 17.4 Å². The molecule has 7 nitrogen and oxygen atoms in total. The molecule has 2 aliphatic heterocycles. The molecule has 2 aromatic rings. The summed E-state index contributed by atoms with van der Waals surface area (Å²) in [5.41, 5.74) is 2.24. The predicted octanol–water partition coefficient (Wildman–Crippen LogP) is 2.68. The van der Waals surface area contributed by atoms with Crippen molar-refractivity contribution in [2.45, 2.75) is 51.2 Å². The van der Waals surface area contributed by atoms with E-state index in [0.29, 0.717) is 31.3 Å². The number of hydrogen-bond donors (Lipinski definition) is 1. The van der Waals surface area contributed by atoms with Gasteiger partial charge in [-0.2, -0.15) is 5.10 Å². The molecule has 4 heterocycles. The average molecular weight is 429 g/mol. The maximum atomic E-state index is 12.8. The molecule has 2 aromatic heterocycles. The van der Waals surface area contributed by atoms with Crippen LogP contribution in [0.25, 0.3) is 0 Å². The van der Waals surface area contributed by atoms with Crippen LogP contribution in [0.1, 0.15) is 62.0 Å². The third-order valence-electron chi connectivity index (χ3n) is 6.66. The number of carbonyl (C=O) groups is 2. The van der Waals surface area contributed by atoms with Crippen molar-refractivity contribution in [2.24, 2.45) is 13.0 Å². The average Bonchev–Trinajstić information content (AvgIpc) is 3.39. The molecule has 160 valence electrons. The van der Waals surface area contributed by atoms with Gasteiger partial charge in [0, 0.05) is 49.2 Å². The lowest BCUT2D eigenvalue weighted by Crippen LogP contribution is -2.50. The Hall–Kier alpha value is -2.19. The van der Waals surface area contributed by atoms with Crippen molar-refractivity contribution in [2.75, 3.05) is 19.6 Å². The molecular formula is C22H28N4O3S. The van der Waals surface area contributed by atoms with Crippen molar-refractivity contribution in [3.63, 3.8) is 0 Å². The maximum Gasteiger partial charge on any atom is 0.272 e. The summed E-state index contributed by atoms with van der Waals surface area (Å²) < 4.78 is 8.19. The summed E-state index contributed by atoms with van der Waals surface area (Å²) in [4.78, 5) is 29.3. The highest BCUT2D eigenvalue weighted by Gasteiger charge is 2.42. The van der Waals surface area contributed by atoms with E-state index >= 15 is 0 Å². The van der Waals surface area contributed by atoms with Crippen LogP contribution in [-0.4, -0.2) is 51.7 Å². The van der Waals surface area contributed by atoms with Crippen molar-refractivity contribution in [1.29, 1.82) is 0 Å². The van der Waals surface area contributed by atoms with Gasteiger partial charge in [-0.25, -0.2) is 0 Å². The van der Waals surface area contributed by atoms with Crippen molar-refractivity contribution in [3.05, 3.63) is 38.8 Å². The van der Waals surface area contributed by atoms with Crippen LogP contribution >= 0.6 is 11.3 Å². The third kappa shape index (κ3) is 3.67. The summed E-state index contributed by atoms with van der Waals surface area (Å²) >= 11 is 1.55. The SMILES string of the molecule is Cc1ccc(C(=O)N2CCC3(CC2)Cc2c(c(C(=O)NCC4CC4)nn2C)CO3)s1. The number of nitrogens with zero attached hydrogens (tertiary/aromatic N) is 3. The second kappa shape index (κ2) is 7.50. The third-order valence-corrected chi connectivity index (χ3v) is 7.65. The van der Waals surface area contributed by atoms with E-state index in [9.17, 15) is 9.59 Å². The van der Waals surface area contributed by atoms with E-state index < -0.39 is 0 Å². The number of fused-ring (bicyclic) bond motifs is 1. The molecule has 0 radical (unpaired) electrons. The zero-order chi connectivity index (χ0) is 20.9. The van der Waals surface area contributed by atoms with E-state index in [1.54, 1.807) is 11.3 Å². The smallest absolute Gasteiger partial charge is 0.272 e. The van der Waals surface area contributed by atoms with Crippen molar-refractivity contribution in [1.82, 2.24) is 20.0 Å². The van der Waals surface area contributed by atoms with Crippen molar-refractivity contribution < 1.29 is 14.3 Å². The number of thiophene rings is 1. The number of likely N-dealkylation sites (tertiary alicyclic amines) is 1. The van der Waals surface area contributed by atoms with Gasteiger partial charge < -0.3 is 15.0 Å². The molecule has 0 aromatic carbocycles.